The fourth-order valence-corrected chi connectivity index (χ4v) is 6.43. The number of hydrogen-bond donors (Lipinski definition) is 1. The number of nitrogens with zero attached hydrogens (tertiary/aromatic N) is 2. The Kier molecular flexibility index (Phi) is 33.6. The minimum absolute atomic E-state index is 0.0322. The molecule has 0 fully saturated rings. The van der Waals surface area contributed by atoms with Crippen molar-refractivity contribution in [2.24, 2.45) is 11.8 Å². The van der Waals surface area contributed by atoms with Crippen LogP contribution in [0.5, 0.6) is 0 Å². The van der Waals surface area contributed by atoms with Crippen LogP contribution < -0.4 is 0 Å². The number of carbonyl (C=O) groups is 3. The summed E-state index contributed by atoms with van der Waals surface area (Å²) in [6.07, 6.45) is 26.8. The van der Waals surface area contributed by atoms with Gasteiger partial charge < -0.3 is 19.5 Å². The highest BCUT2D eigenvalue weighted by molar-refractivity contribution is 5.78. The first-order chi connectivity index (χ1) is 23.8. The van der Waals surface area contributed by atoms with Gasteiger partial charge in [0.05, 0.1) is 38.1 Å². The molecule has 0 rings (SSSR count). The molecule has 8 heteroatoms. The van der Waals surface area contributed by atoms with Gasteiger partial charge >= 0.3 is 11.9 Å². The summed E-state index contributed by atoms with van der Waals surface area (Å²) in [5.74, 6) is -0.618. The molecule has 2 atom stereocenters. The van der Waals surface area contributed by atoms with Crippen LogP contribution in [-0.4, -0.2) is 85.8 Å². The summed E-state index contributed by atoms with van der Waals surface area (Å²) in [7, 11) is 1.79. The molecule has 0 aliphatic carbocycles. The molecule has 0 aromatic heterocycles. The van der Waals surface area contributed by atoms with Gasteiger partial charge in [0.25, 0.3) is 0 Å². The molecule has 1 amide bonds. The topological polar surface area (TPSA) is 96.4 Å². The van der Waals surface area contributed by atoms with E-state index in [2.05, 4.69) is 27.7 Å². The molecule has 0 saturated heterocycles. The third-order valence-corrected chi connectivity index (χ3v) is 9.74. The third kappa shape index (κ3) is 27.7. The molecule has 0 radical (unpaired) electrons. The van der Waals surface area contributed by atoms with Crippen LogP contribution in [0.2, 0.25) is 0 Å². The first-order valence-corrected chi connectivity index (χ1v) is 20.7. The maximum atomic E-state index is 13.3. The van der Waals surface area contributed by atoms with E-state index in [1.165, 1.54) is 64.2 Å². The fraction of sp³-hybridized carbons (Fsp3) is 0.927. The van der Waals surface area contributed by atoms with Crippen molar-refractivity contribution in [3.05, 3.63) is 0 Å². The zero-order valence-electron chi connectivity index (χ0n) is 33.0. The van der Waals surface area contributed by atoms with Crippen LogP contribution in [0.1, 0.15) is 182 Å². The second-order valence-corrected chi connectivity index (χ2v) is 14.4. The summed E-state index contributed by atoms with van der Waals surface area (Å²) in [5.41, 5.74) is 0. The zero-order valence-corrected chi connectivity index (χ0v) is 33.0. The number of aliphatic hydroxyl groups excluding tert-OH is 1. The number of ether oxygens (including phenoxy) is 2. The highest BCUT2D eigenvalue weighted by Gasteiger charge is 2.23. The van der Waals surface area contributed by atoms with Gasteiger partial charge in [0.2, 0.25) is 5.91 Å². The van der Waals surface area contributed by atoms with Crippen molar-refractivity contribution in [3.8, 4) is 0 Å². The van der Waals surface area contributed by atoms with Crippen LogP contribution in [0, 0.1) is 11.8 Å². The molecule has 8 nitrogen and oxygen atoms in total. The molecule has 0 heterocycles. The fourth-order valence-electron chi connectivity index (χ4n) is 6.43. The van der Waals surface area contributed by atoms with E-state index in [4.69, 9.17) is 9.47 Å². The summed E-state index contributed by atoms with van der Waals surface area (Å²) in [6.45, 7) is 10.1. The van der Waals surface area contributed by atoms with E-state index in [0.717, 1.165) is 89.9 Å². The summed E-state index contributed by atoms with van der Waals surface area (Å²) < 4.78 is 11.6. The number of esters is 2. The third-order valence-electron chi connectivity index (χ3n) is 9.74. The molecule has 2 unspecified atom stereocenters. The average molecular weight is 697 g/mol. The molecular weight excluding hydrogens is 616 g/mol. The van der Waals surface area contributed by atoms with E-state index in [-0.39, 0.29) is 69.1 Å². The SMILES string of the molecule is CCCCCCCCC(CCCCCC)C(=O)OCCN(CCOC(=O)C(CCCCCC)CCCCCCCC)C(=O)CN(C)CCO. The van der Waals surface area contributed by atoms with E-state index in [1.807, 2.05) is 0 Å². The molecule has 0 aliphatic rings. The lowest BCUT2D eigenvalue weighted by atomic mass is 9.94. The van der Waals surface area contributed by atoms with Gasteiger partial charge in [0.1, 0.15) is 13.2 Å². The molecule has 49 heavy (non-hydrogen) atoms. The quantitative estimate of drug-likeness (QED) is 0.0515. The normalized spacial score (nSPS) is 12.6. The van der Waals surface area contributed by atoms with Crippen molar-refractivity contribution in [2.75, 3.05) is 53.0 Å². The van der Waals surface area contributed by atoms with Crippen LogP contribution in [0.4, 0.5) is 0 Å². The van der Waals surface area contributed by atoms with Gasteiger partial charge in [-0.05, 0) is 32.7 Å². The van der Waals surface area contributed by atoms with Crippen molar-refractivity contribution in [3.63, 3.8) is 0 Å². The Morgan fingerprint density at radius 3 is 1.18 bits per heavy atom. The molecule has 290 valence electrons. The molecule has 0 aromatic carbocycles. The molecule has 0 aliphatic heterocycles. The smallest absolute Gasteiger partial charge is 0.308 e. The summed E-state index contributed by atoms with van der Waals surface area (Å²) >= 11 is 0. The highest BCUT2D eigenvalue weighted by atomic mass is 16.5. The van der Waals surface area contributed by atoms with Gasteiger partial charge in [0.15, 0.2) is 0 Å². The van der Waals surface area contributed by atoms with Crippen LogP contribution in [0.15, 0.2) is 0 Å². The lowest BCUT2D eigenvalue weighted by Gasteiger charge is -2.26. The van der Waals surface area contributed by atoms with Crippen LogP contribution >= 0.6 is 0 Å². The van der Waals surface area contributed by atoms with Crippen molar-refractivity contribution < 1.29 is 29.0 Å². The average Bonchev–Trinajstić information content (AvgIpc) is 3.08. The predicted octanol–water partition coefficient (Wildman–Crippen LogP) is 9.50. The highest BCUT2D eigenvalue weighted by Crippen LogP contribution is 2.22. The first-order valence-electron chi connectivity index (χ1n) is 20.7. The van der Waals surface area contributed by atoms with Gasteiger partial charge in [-0.15, -0.1) is 0 Å². The molecule has 0 saturated carbocycles. The predicted molar refractivity (Wildman–Crippen MR) is 204 cm³/mol. The Morgan fingerprint density at radius 1 is 0.510 bits per heavy atom. The second kappa shape index (κ2) is 34.8. The maximum Gasteiger partial charge on any atom is 0.308 e. The Hall–Kier alpha value is -1.67. The number of likely N-dealkylation sites (N-methyl/N-ethyl adjacent to an activating group) is 1. The lowest BCUT2D eigenvalue weighted by Crippen LogP contribution is -2.43. The van der Waals surface area contributed by atoms with Crippen LogP contribution in [0.3, 0.4) is 0 Å². The van der Waals surface area contributed by atoms with Gasteiger partial charge in [-0.25, -0.2) is 0 Å². The van der Waals surface area contributed by atoms with Gasteiger partial charge in [-0.2, -0.15) is 0 Å². The second-order valence-electron chi connectivity index (χ2n) is 14.4. The number of amides is 1. The maximum absolute atomic E-state index is 13.3. The molecule has 0 spiro atoms. The van der Waals surface area contributed by atoms with Gasteiger partial charge in [-0.3, -0.25) is 19.3 Å². The lowest BCUT2D eigenvalue weighted by molar-refractivity contribution is -0.152. The van der Waals surface area contributed by atoms with Crippen molar-refractivity contribution >= 4 is 17.8 Å². The van der Waals surface area contributed by atoms with Gasteiger partial charge in [-0.1, -0.05) is 156 Å². The largest absolute Gasteiger partial charge is 0.464 e. The summed E-state index contributed by atoms with van der Waals surface area (Å²) in [6, 6.07) is 0. The number of hydrogen-bond acceptors (Lipinski definition) is 7. The number of aliphatic hydroxyl groups is 1. The van der Waals surface area contributed by atoms with E-state index < -0.39 is 0 Å². The summed E-state index contributed by atoms with van der Waals surface area (Å²) in [5, 5.41) is 9.33. The minimum Gasteiger partial charge on any atom is -0.464 e. The molecular formula is C41H80N2O6. The van der Waals surface area contributed by atoms with E-state index in [9.17, 15) is 19.5 Å². The number of carbonyl (C=O) groups excluding carboxylic acids is 3. The van der Waals surface area contributed by atoms with Crippen molar-refractivity contribution in [1.82, 2.24) is 9.80 Å². The Morgan fingerprint density at radius 2 is 0.837 bits per heavy atom. The first kappa shape index (κ1) is 47.3. The molecule has 0 aromatic rings. The van der Waals surface area contributed by atoms with Crippen LogP contribution in [-0.2, 0) is 23.9 Å². The van der Waals surface area contributed by atoms with E-state index in [1.54, 1.807) is 16.8 Å². The Labute approximate surface area is 302 Å². The zero-order chi connectivity index (χ0) is 36.4. The van der Waals surface area contributed by atoms with E-state index in [0.29, 0.717) is 6.54 Å². The van der Waals surface area contributed by atoms with Crippen molar-refractivity contribution in [1.29, 1.82) is 0 Å². The number of unbranched alkanes of at least 4 members (excludes halogenated alkanes) is 16. The van der Waals surface area contributed by atoms with Gasteiger partial charge in [0, 0.05) is 6.54 Å². The van der Waals surface area contributed by atoms with E-state index >= 15 is 0 Å². The molecule has 1 N–H and O–H groups in total. The van der Waals surface area contributed by atoms with Crippen molar-refractivity contribution in [2.45, 2.75) is 182 Å². The number of rotatable bonds is 36. The summed E-state index contributed by atoms with van der Waals surface area (Å²) in [4.78, 5) is 43.1. The standard InChI is InChI=1S/C41H80N2O6/c1-6-10-14-18-20-24-28-37(26-22-16-12-8-3)40(46)48-34-31-43(39(45)36-42(5)30-33-44)32-35-49-41(47)38(27-23-17-13-9-4)29-25-21-19-15-11-7-2/h37-38,44H,6-36H2,1-5H3. The Bertz CT molecular complexity index is 729. The molecule has 0 bridgehead atoms. The Balaban J connectivity index is 5.20. The monoisotopic (exact) mass is 697 g/mol. The van der Waals surface area contributed by atoms with Crippen LogP contribution in [0.25, 0.3) is 0 Å². The minimum atomic E-state index is -0.151.